The summed E-state index contributed by atoms with van der Waals surface area (Å²) in [5, 5.41) is 3.02. The van der Waals surface area contributed by atoms with Crippen LogP contribution in [0.2, 0.25) is 0 Å². The average Bonchev–Trinajstić information content (AvgIpc) is 2.16. The highest BCUT2D eigenvalue weighted by Crippen LogP contribution is 2.16. The Kier molecular flexibility index (Phi) is 3.42. The van der Waals surface area contributed by atoms with Gasteiger partial charge >= 0.3 is 0 Å². The Labute approximate surface area is 89.1 Å². The van der Waals surface area contributed by atoms with Crippen molar-refractivity contribution in [3.05, 3.63) is 48.6 Å². The Morgan fingerprint density at radius 2 is 2.07 bits per heavy atom. The molecule has 14 heavy (non-hydrogen) atoms. The van der Waals surface area contributed by atoms with Gasteiger partial charge in [-0.05, 0) is 17.8 Å². The second kappa shape index (κ2) is 4.58. The van der Waals surface area contributed by atoms with Crippen LogP contribution in [0.5, 0.6) is 0 Å². The third-order valence-corrected chi connectivity index (χ3v) is 1.88. The highest BCUT2D eigenvalue weighted by atomic mass is 32.1. The fraction of sp³-hybridized carbons (Fsp3) is 0. The molecule has 3 heteroatoms. The maximum Gasteiger partial charge on any atom is 0.168 e. The molecule has 0 fully saturated rings. The zero-order valence-corrected chi connectivity index (χ0v) is 8.60. The van der Waals surface area contributed by atoms with Gasteiger partial charge in [0, 0.05) is 11.3 Å². The molecule has 3 N–H and O–H groups in total. The number of thiocarbonyl (C=S) groups is 1. The molecule has 1 aromatic carbocycles. The summed E-state index contributed by atoms with van der Waals surface area (Å²) in [6.45, 7) is 7.57. The molecule has 72 valence electrons. The second-order valence-electron chi connectivity index (χ2n) is 2.76. The van der Waals surface area contributed by atoms with E-state index < -0.39 is 0 Å². The number of hydrogen-bond donors (Lipinski definition) is 2. The molecule has 0 saturated carbocycles. The van der Waals surface area contributed by atoms with Crippen LogP contribution < -0.4 is 11.1 Å². The molecule has 0 aliphatic carbocycles. The summed E-state index contributed by atoms with van der Waals surface area (Å²) in [5.74, 6) is 0. The van der Waals surface area contributed by atoms with E-state index in [0.717, 1.165) is 11.1 Å². The zero-order chi connectivity index (χ0) is 10.6. The normalized spacial score (nSPS) is 9.14. The Hall–Kier alpha value is -1.61. The summed E-state index contributed by atoms with van der Waals surface area (Å²) >= 11 is 4.73. The average molecular weight is 204 g/mol. The van der Waals surface area contributed by atoms with Crippen LogP contribution in [-0.2, 0) is 0 Å². The topological polar surface area (TPSA) is 38.0 Å². The molecular weight excluding hydrogens is 192 g/mol. The Morgan fingerprint density at radius 1 is 1.43 bits per heavy atom. The van der Waals surface area contributed by atoms with E-state index in [1.54, 1.807) is 6.08 Å². The van der Waals surface area contributed by atoms with Crippen LogP contribution >= 0.6 is 12.2 Å². The van der Waals surface area contributed by atoms with E-state index >= 15 is 0 Å². The molecule has 1 rings (SSSR count). The summed E-state index contributed by atoms with van der Waals surface area (Å²) in [6, 6.07) is 7.75. The first-order chi connectivity index (χ1) is 6.65. The van der Waals surface area contributed by atoms with Gasteiger partial charge < -0.3 is 11.1 Å². The minimum atomic E-state index is 0.217. The number of nitrogens with two attached hydrogens (primary N) is 1. The molecule has 0 heterocycles. The van der Waals surface area contributed by atoms with Crippen molar-refractivity contribution in [1.82, 2.24) is 5.32 Å². The van der Waals surface area contributed by atoms with E-state index in [-0.39, 0.29) is 5.11 Å². The van der Waals surface area contributed by atoms with Gasteiger partial charge in [0.15, 0.2) is 5.11 Å². The van der Waals surface area contributed by atoms with Crippen molar-refractivity contribution in [3.63, 3.8) is 0 Å². The molecule has 2 nitrogen and oxygen atoms in total. The summed E-state index contributed by atoms with van der Waals surface area (Å²) < 4.78 is 0. The molecule has 0 spiro atoms. The van der Waals surface area contributed by atoms with Gasteiger partial charge in [-0.3, -0.25) is 0 Å². The van der Waals surface area contributed by atoms with Crippen molar-refractivity contribution in [1.29, 1.82) is 0 Å². The van der Waals surface area contributed by atoms with E-state index in [0.29, 0.717) is 5.70 Å². The smallest absolute Gasteiger partial charge is 0.168 e. The number of rotatable bonds is 3. The van der Waals surface area contributed by atoms with E-state index in [4.69, 9.17) is 18.0 Å². The SMILES string of the molecule is C=Cc1ccccc1C(=C)NC(N)=S. The first-order valence-corrected chi connectivity index (χ1v) is 4.53. The molecule has 0 unspecified atom stereocenters. The van der Waals surface area contributed by atoms with Gasteiger partial charge in [-0.15, -0.1) is 0 Å². The summed E-state index contributed by atoms with van der Waals surface area (Å²) in [7, 11) is 0. The van der Waals surface area contributed by atoms with Crippen molar-refractivity contribution in [2.75, 3.05) is 0 Å². The van der Waals surface area contributed by atoms with Crippen LogP contribution in [0.15, 0.2) is 37.4 Å². The van der Waals surface area contributed by atoms with Gasteiger partial charge in [0.05, 0.1) is 0 Å². The Balaban J connectivity index is 2.99. The monoisotopic (exact) mass is 204 g/mol. The molecule has 0 aliphatic heterocycles. The quantitative estimate of drug-likeness (QED) is 0.741. The molecule has 0 bridgehead atoms. The highest BCUT2D eigenvalue weighted by Gasteiger charge is 2.02. The van der Waals surface area contributed by atoms with Crippen LogP contribution in [0.3, 0.4) is 0 Å². The van der Waals surface area contributed by atoms with Crippen molar-refractivity contribution >= 4 is 29.1 Å². The van der Waals surface area contributed by atoms with E-state index in [1.165, 1.54) is 0 Å². The first kappa shape index (κ1) is 10.5. The third-order valence-electron chi connectivity index (χ3n) is 1.78. The molecule has 0 atom stereocenters. The zero-order valence-electron chi connectivity index (χ0n) is 7.79. The first-order valence-electron chi connectivity index (χ1n) is 4.12. The lowest BCUT2D eigenvalue weighted by atomic mass is 10.1. The predicted molar refractivity (Wildman–Crippen MR) is 65.5 cm³/mol. The lowest BCUT2D eigenvalue weighted by molar-refractivity contribution is 1.30. The van der Waals surface area contributed by atoms with Gasteiger partial charge in [-0.2, -0.15) is 0 Å². The lowest BCUT2D eigenvalue weighted by Crippen LogP contribution is -2.27. The fourth-order valence-corrected chi connectivity index (χ4v) is 1.29. The van der Waals surface area contributed by atoms with E-state index in [2.05, 4.69) is 18.5 Å². The number of nitrogens with one attached hydrogen (secondary N) is 1. The highest BCUT2D eigenvalue weighted by molar-refractivity contribution is 7.80. The van der Waals surface area contributed by atoms with Crippen LogP contribution in [0.25, 0.3) is 11.8 Å². The second-order valence-corrected chi connectivity index (χ2v) is 3.20. The summed E-state index contributed by atoms with van der Waals surface area (Å²) in [5.41, 5.74) is 8.00. The maximum absolute atomic E-state index is 5.36. The summed E-state index contributed by atoms with van der Waals surface area (Å²) in [4.78, 5) is 0. The summed E-state index contributed by atoms with van der Waals surface area (Å²) in [6.07, 6.45) is 1.77. The van der Waals surface area contributed by atoms with Gasteiger partial charge in [-0.1, -0.05) is 43.5 Å². The van der Waals surface area contributed by atoms with E-state index in [1.807, 2.05) is 24.3 Å². The Morgan fingerprint density at radius 3 is 2.64 bits per heavy atom. The fourth-order valence-electron chi connectivity index (χ4n) is 1.17. The molecule has 0 aliphatic rings. The third kappa shape index (κ3) is 2.44. The van der Waals surface area contributed by atoms with Gasteiger partial charge in [0.1, 0.15) is 0 Å². The molecular formula is C11H12N2S. The lowest BCUT2D eigenvalue weighted by Gasteiger charge is -2.10. The Bertz CT molecular complexity index is 383. The van der Waals surface area contributed by atoms with Crippen molar-refractivity contribution in [2.45, 2.75) is 0 Å². The molecule has 0 saturated heterocycles. The minimum Gasteiger partial charge on any atom is -0.376 e. The van der Waals surface area contributed by atoms with Crippen molar-refractivity contribution in [2.24, 2.45) is 5.73 Å². The largest absolute Gasteiger partial charge is 0.376 e. The molecule has 0 radical (unpaired) electrons. The van der Waals surface area contributed by atoms with Crippen LogP contribution in [-0.4, -0.2) is 5.11 Å². The van der Waals surface area contributed by atoms with Gasteiger partial charge in [-0.25, -0.2) is 0 Å². The number of benzene rings is 1. The van der Waals surface area contributed by atoms with Gasteiger partial charge in [0.25, 0.3) is 0 Å². The van der Waals surface area contributed by atoms with Crippen LogP contribution in [0.4, 0.5) is 0 Å². The minimum absolute atomic E-state index is 0.217. The van der Waals surface area contributed by atoms with Crippen LogP contribution in [0, 0.1) is 0 Å². The van der Waals surface area contributed by atoms with E-state index in [9.17, 15) is 0 Å². The van der Waals surface area contributed by atoms with Crippen molar-refractivity contribution < 1.29 is 0 Å². The van der Waals surface area contributed by atoms with Crippen molar-refractivity contribution in [3.8, 4) is 0 Å². The standard InChI is InChI=1S/C11H12N2S/c1-3-9-6-4-5-7-10(9)8(2)13-11(12)14/h3-7H,1-2H2,(H3,12,13,14). The van der Waals surface area contributed by atoms with Crippen LogP contribution in [0.1, 0.15) is 11.1 Å². The molecule has 0 amide bonds. The van der Waals surface area contributed by atoms with Gasteiger partial charge in [0.2, 0.25) is 0 Å². The molecule has 1 aromatic rings. The number of hydrogen-bond acceptors (Lipinski definition) is 1. The predicted octanol–water partition coefficient (Wildman–Crippen LogP) is 2.13. The molecule has 0 aromatic heterocycles. The maximum atomic E-state index is 5.36.